The average molecular weight is 268 g/mol. The average Bonchev–Trinajstić information content (AvgIpc) is 2.28. The van der Waals surface area contributed by atoms with Crippen molar-refractivity contribution >= 4 is 21.5 Å². The normalized spacial score (nSPS) is 22.7. The lowest BCUT2D eigenvalue weighted by atomic mass is 10.2. The molecule has 98 valence electrons. The van der Waals surface area contributed by atoms with Gasteiger partial charge in [0.15, 0.2) is 9.84 Å². The van der Waals surface area contributed by atoms with Gasteiger partial charge in [-0.1, -0.05) is 6.07 Å². The Bertz CT molecular complexity index is 570. The highest BCUT2D eigenvalue weighted by atomic mass is 32.2. The van der Waals surface area contributed by atoms with Gasteiger partial charge in [0.25, 0.3) is 0 Å². The number of nitrogens with zero attached hydrogens (tertiary/aromatic N) is 2. The van der Waals surface area contributed by atoms with E-state index in [1.54, 1.807) is 18.2 Å². The summed E-state index contributed by atoms with van der Waals surface area (Å²) in [6.07, 6.45) is 0. The van der Waals surface area contributed by atoms with Crippen LogP contribution in [0.1, 0.15) is 12.6 Å². The second-order valence-electron chi connectivity index (χ2n) is 4.45. The number of hydrogen-bond donors (Lipinski definition) is 2. The first kappa shape index (κ1) is 12.8. The van der Waals surface area contributed by atoms with Gasteiger partial charge in [0.1, 0.15) is 17.3 Å². The van der Waals surface area contributed by atoms with Gasteiger partial charge in [0, 0.05) is 12.6 Å². The third-order valence-corrected chi connectivity index (χ3v) is 4.77. The number of anilines is 1. The number of sulfone groups is 1. The molecule has 3 N–H and O–H groups in total. The molecule has 1 aromatic rings. The molecule has 0 aliphatic carbocycles. The molecule has 2 rings (SSSR count). The summed E-state index contributed by atoms with van der Waals surface area (Å²) in [5.41, 5.74) is 5.81. The zero-order valence-corrected chi connectivity index (χ0v) is 10.9. The van der Waals surface area contributed by atoms with Crippen LogP contribution in [0.4, 0.5) is 5.82 Å². The third kappa shape index (κ3) is 2.61. The summed E-state index contributed by atoms with van der Waals surface area (Å²) in [6.45, 7) is 2.29. The van der Waals surface area contributed by atoms with E-state index in [4.69, 9.17) is 11.1 Å². The zero-order chi connectivity index (χ0) is 13.3. The van der Waals surface area contributed by atoms with Gasteiger partial charge in [-0.3, -0.25) is 5.41 Å². The largest absolute Gasteiger partial charge is 0.382 e. The minimum absolute atomic E-state index is 0.0888. The first-order valence-corrected chi connectivity index (χ1v) is 7.50. The molecular formula is C11H16N4O2S. The summed E-state index contributed by atoms with van der Waals surface area (Å²) in [5, 5.41) is 7.36. The van der Waals surface area contributed by atoms with E-state index in [2.05, 4.69) is 4.98 Å². The van der Waals surface area contributed by atoms with Crippen LogP contribution in [0.3, 0.4) is 0 Å². The van der Waals surface area contributed by atoms with Crippen molar-refractivity contribution in [1.82, 2.24) is 4.98 Å². The molecule has 0 saturated carbocycles. The summed E-state index contributed by atoms with van der Waals surface area (Å²) in [5.74, 6) is 0.863. The van der Waals surface area contributed by atoms with Gasteiger partial charge in [-0.25, -0.2) is 13.4 Å². The second kappa shape index (κ2) is 4.56. The van der Waals surface area contributed by atoms with Crippen LogP contribution < -0.4 is 10.6 Å². The van der Waals surface area contributed by atoms with Crippen molar-refractivity contribution in [3.05, 3.63) is 23.9 Å². The van der Waals surface area contributed by atoms with E-state index < -0.39 is 9.84 Å². The number of nitrogens with two attached hydrogens (primary N) is 1. The number of nitrogens with one attached hydrogen (secondary N) is 1. The fourth-order valence-electron chi connectivity index (χ4n) is 2.07. The van der Waals surface area contributed by atoms with Crippen LogP contribution in [-0.4, -0.2) is 43.3 Å². The maximum Gasteiger partial charge on any atom is 0.154 e. The number of amidine groups is 1. The molecule has 1 unspecified atom stereocenters. The number of nitrogen functional groups attached to an aromatic ring is 1. The Kier molecular flexibility index (Phi) is 3.25. The molecule has 1 aliphatic heterocycles. The minimum Gasteiger partial charge on any atom is -0.382 e. The van der Waals surface area contributed by atoms with Gasteiger partial charge >= 0.3 is 0 Å². The molecule has 7 heteroatoms. The Labute approximate surface area is 106 Å². The number of hydrogen-bond acceptors (Lipinski definition) is 5. The van der Waals surface area contributed by atoms with E-state index in [1.165, 1.54) is 0 Å². The maximum atomic E-state index is 11.5. The molecule has 0 aromatic carbocycles. The van der Waals surface area contributed by atoms with Crippen LogP contribution in [-0.2, 0) is 9.84 Å². The van der Waals surface area contributed by atoms with E-state index >= 15 is 0 Å². The Morgan fingerprint density at radius 3 is 2.89 bits per heavy atom. The SMILES string of the molecule is CC1CS(=O)(=O)CCN1c1cccc(C(=N)N)n1. The molecule has 1 fully saturated rings. The minimum atomic E-state index is -2.94. The lowest BCUT2D eigenvalue weighted by Crippen LogP contribution is -2.47. The van der Waals surface area contributed by atoms with Crippen molar-refractivity contribution in [2.24, 2.45) is 5.73 Å². The highest BCUT2D eigenvalue weighted by Gasteiger charge is 2.28. The predicted molar refractivity (Wildman–Crippen MR) is 70.7 cm³/mol. The fraction of sp³-hybridized carbons (Fsp3) is 0.455. The quantitative estimate of drug-likeness (QED) is 0.580. The number of pyridine rings is 1. The second-order valence-corrected chi connectivity index (χ2v) is 6.68. The molecule has 6 nitrogen and oxygen atoms in total. The summed E-state index contributed by atoms with van der Waals surface area (Å²) in [6, 6.07) is 5.13. The topological polar surface area (TPSA) is 100 Å². The monoisotopic (exact) mass is 268 g/mol. The molecule has 0 amide bonds. The van der Waals surface area contributed by atoms with Crippen molar-refractivity contribution in [3.63, 3.8) is 0 Å². The van der Waals surface area contributed by atoms with E-state index in [1.807, 2.05) is 11.8 Å². The van der Waals surface area contributed by atoms with E-state index in [-0.39, 0.29) is 23.4 Å². The standard InChI is InChI=1S/C11H16N4O2S/c1-8-7-18(16,17)6-5-15(8)10-4-2-3-9(14-10)11(12)13/h2-4,8H,5-7H2,1H3,(H3,12,13). The molecule has 1 aliphatic rings. The molecule has 0 bridgehead atoms. The molecular weight excluding hydrogens is 252 g/mol. The van der Waals surface area contributed by atoms with Crippen LogP contribution in [0.5, 0.6) is 0 Å². The molecule has 1 saturated heterocycles. The zero-order valence-electron chi connectivity index (χ0n) is 10.1. The molecule has 1 aromatic heterocycles. The van der Waals surface area contributed by atoms with Crippen molar-refractivity contribution in [3.8, 4) is 0 Å². The Balaban J connectivity index is 2.27. The van der Waals surface area contributed by atoms with Crippen molar-refractivity contribution in [1.29, 1.82) is 5.41 Å². The van der Waals surface area contributed by atoms with Crippen LogP contribution in [0.2, 0.25) is 0 Å². The Hall–Kier alpha value is -1.63. The summed E-state index contributed by atoms with van der Waals surface area (Å²) in [4.78, 5) is 6.21. The lowest BCUT2D eigenvalue weighted by Gasteiger charge is -2.34. The number of aromatic nitrogens is 1. The van der Waals surface area contributed by atoms with Gasteiger partial charge in [-0.05, 0) is 19.1 Å². The van der Waals surface area contributed by atoms with Crippen molar-refractivity contribution in [2.45, 2.75) is 13.0 Å². The summed E-state index contributed by atoms with van der Waals surface area (Å²) >= 11 is 0. The van der Waals surface area contributed by atoms with Crippen molar-refractivity contribution < 1.29 is 8.42 Å². The molecule has 1 atom stereocenters. The van der Waals surface area contributed by atoms with Gasteiger partial charge in [-0.15, -0.1) is 0 Å². The molecule has 18 heavy (non-hydrogen) atoms. The Morgan fingerprint density at radius 2 is 2.28 bits per heavy atom. The van der Waals surface area contributed by atoms with E-state index in [9.17, 15) is 8.42 Å². The van der Waals surface area contributed by atoms with Crippen LogP contribution in [0.15, 0.2) is 18.2 Å². The smallest absolute Gasteiger partial charge is 0.154 e. The Morgan fingerprint density at radius 1 is 1.56 bits per heavy atom. The molecule has 0 spiro atoms. The summed E-state index contributed by atoms with van der Waals surface area (Å²) in [7, 11) is -2.94. The molecule has 2 heterocycles. The van der Waals surface area contributed by atoms with Gasteiger partial charge in [0.2, 0.25) is 0 Å². The summed E-state index contributed by atoms with van der Waals surface area (Å²) < 4.78 is 23.0. The number of rotatable bonds is 2. The first-order chi connectivity index (χ1) is 8.39. The van der Waals surface area contributed by atoms with Gasteiger partial charge in [-0.2, -0.15) is 0 Å². The maximum absolute atomic E-state index is 11.5. The highest BCUT2D eigenvalue weighted by molar-refractivity contribution is 7.91. The van der Waals surface area contributed by atoms with Gasteiger partial charge < -0.3 is 10.6 Å². The predicted octanol–water partition coefficient (Wildman–Crippen LogP) is -0.0110. The van der Waals surface area contributed by atoms with E-state index in [0.717, 1.165) is 0 Å². The van der Waals surface area contributed by atoms with Gasteiger partial charge in [0.05, 0.1) is 11.5 Å². The first-order valence-electron chi connectivity index (χ1n) is 5.67. The van der Waals surface area contributed by atoms with Crippen LogP contribution in [0, 0.1) is 5.41 Å². The third-order valence-electron chi connectivity index (χ3n) is 2.98. The van der Waals surface area contributed by atoms with Crippen LogP contribution in [0.25, 0.3) is 0 Å². The lowest BCUT2D eigenvalue weighted by molar-refractivity contribution is 0.567. The van der Waals surface area contributed by atoms with Crippen molar-refractivity contribution in [2.75, 3.05) is 23.0 Å². The highest BCUT2D eigenvalue weighted by Crippen LogP contribution is 2.19. The van der Waals surface area contributed by atoms with E-state index in [0.29, 0.717) is 18.1 Å². The molecule has 0 radical (unpaired) electrons. The van der Waals surface area contributed by atoms with Crippen LogP contribution >= 0.6 is 0 Å². The fourth-order valence-corrected chi connectivity index (χ4v) is 3.63.